The number of hydrogen-bond acceptors (Lipinski definition) is 6. The number of carbonyl (C=O) groups excluding carboxylic acids is 1. The summed E-state index contributed by atoms with van der Waals surface area (Å²) < 4.78 is 10.6. The molecular formula is C17H23N5O3. The van der Waals surface area contributed by atoms with E-state index in [0.717, 1.165) is 55.9 Å². The third-order valence-electron chi connectivity index (χ3n) is 5.22. The number of fused-ring (bicyclic) bond motifs is 1. The van der Waals surface area contributed by atoms with E-state index in [0.29, 0.717) is 11.6 Å². The van der Waals surface area contributed by atoms with Gasteiger partial charge in [-0.1, -0.05) is 5.16 Å². The van der Waals surface area contributed by atoms with Gasteiger partial charge in [0.1, 0.15) is 0 Å². The van der Waals surface area contributed by atoms with Gasteiger partial charge in [-0.2, -0.15) is 10.1 Å². The molecule has 4 rings (SSSR count). The van der Waals surface area contributed by atoms with Gasteiger partial charge < -0.3 is 14.2 Å². The maximum atomic E-state index is 12.9. The predicted octanol–water partition coefficient (Wildman–Crippen LogP) is 1.91. The van der Waals surface area contributed by atoms with Crippen molar-refractivity contribution in [2.75, 3.05) is 13.1 Å². The van der Waals surface area contributed by atoms with Crippen LogP contribution in [0.4, 0.5) is 0 Å². The van der Waals surface area contributed by atoms with Crippen LogP contribution in [-0.2, 0) is 17.6 Å². The van der Waals surface area contributed by atoms with Gasteiger partial charge in [0.15, 0.2) is 11.5 Å². The topological polar surface area (TPSA) is 97.1 Å². The Morgan fingerprint density at radius 3 is 2.88 bits per heavy atom. The number of carbonyl (C=O) groups is 1. The Hall–Kier alpha value is -2.22. The third kappa shape index (κ3) is 3.18. The number of aromatic nitrogens is 4. The van der Waals surface area contributed by atoms with Crippen molar-refractivity contribution < 1.29 is 14.1 Å². The standard InChI is InChI=1S/C17H23N5O3/c1-10-7-13-15(11(2)25-10)19-20-16(13)17(23)22-5-3-12(4-6-22)8-14-18-9-24-21-14/h9-12H,3-8H2,1-2H3,(H,19,20)/t10-,11+/m1/s1. The highest BCUT2D eigenvalue weighted by Crippen LogP contribution is 2.31. The SMILES string of the molecule is C[C@@H]1Cc2c(C(=O)N3CCC(Cc4ncon4)CC3)n[nH]c2[C@H](C)O1. The summed E-state index contributed by atoms with van der Waals surface area (Å²) in [5.41, 5.74) is 2.52. The van der Waals surface area contributed by atoms with Crippen LogP contribution in [0.25, 0.3) is 0 Å². The van der Waals surface area contributed by atoms with Crippen molar-refractivity contribution in [2.24, 2.45) is 5.92 Å². The van der Waals surface area contributed by atoms with Crippen molar-refractivity contribution in [1.82, 2.24) is 25.2 Å². The van der Waals surface area contributed by atoms with Gasteiger partial charge in [0.25, 0.3) is 5.91 Å². The zero-order valence-electron chi connectivity index (χ0n) is 14.6. The Morgan fingerprint density at radius 2 is 2.16 bits per heavy atom. The summed E-state index contributed by atoms with van der Waals surface area (Å²) in [6.45, 7) is 5.50. The van der Waals surface area contributed by atoms with E-state index in [1.807, 2.05) is 18.7 Å². The third-order valence-corrected chi connectivity index (χ3v) is 5.22. The molecule has 2 aromatic heterocycles. The fourth-order valence-corrected chi connectivity index (χ4v) is 3.88. The van der Waals surface area contributed by atoms with Crippen molar-refractivity contribution in [2.45, 2.75) is 51.7 Å². The Bertz CT molecular complexity index is 734. The lowest BCUT2D eigenvalue weighted by atomic mass is 9.92. The monoisotopic (exact) mass is 345 g/mol. The van der Waals surface area contributed by atoms with Crippen molar-refractivity contribution in [3.63, 3.8) is 0 Å². The predicted molar refractivity (Wildman–Crippen MR) is 87.9 cm³/mol. The minimum atomic E-state index is -0.0477. The number of ether oxygens (including phenoxy) is 1. The molecule has 0 bridgehead atoms. The van der Waals surface area contributed by atoms with E-state index in [1.54, 1.807) is 0 Å². The summed E-state index contributed by atoms with van der Waals surface area (Å²) in [5.74, 6) is 1.26. The van der Waals surface area contributed by atoms with E-state index in [9.17, 15) is 4.79 Å². The van der Waals surface area contributed by atoms with Crippen molar-refractivity contribution in [3.05, 3.63) is 29.2 Å². The van der Waals surface area contributed by atoms with Gasteiger partial charge in [-0.15, -0.1) is 0 Å². The molecule has 8 heteroatoms. The minimum absolute atomic E-state index is 0.0248. The van der Waals surface area contributed by atoms with Crippen LogP contribution >= 0.6 is 0 Å². The Morgan fingerprint density at radius 1 is 1.36 bits per heavy atom. The number of amides is 1. The second kappa shape index (κ2) is 6.59. The molecule has 2 aromatic rings. The second-order valence-corrected chi connectivity index (χ2v) is 7.04. The molecule has 0 radical (unpaired) electrons. The fourth-order valence-electron chi connectivity index (χ4n) is 3.88. The summed E-state index contributed by atoms with van der Waals surface area (Å²) in [6, 6.07) is 0. The molecular weight excluding hydrogens is 322 g/mol. The summed E-state index contributed by atoms with van der Waals surface area (Å²) >= 11 is 0. The summed E-state index contributed by atoms with van der Waals surface area (Å²) in [6.07, 6.45) is 4.85. The van der Waals surface area contributed by atoms with Crippen LogP contribution in [0.15, 0.2) is 10.9 Å². The first-order chi connectivity index (χ1) is 12.1. The Labute approximate surface area is 145 Å². The number of rotatable bonds is 3. The maximum absolute atomic E-state index is 12.9. The van der Waals surface area contributed by atoms with E-state index >= 15 is 0 Å². The van der Waals surface area contributed by atoms with Crippen LogP contribution in [0, 0.1) is 5.92 Å². The first-order valence-corrected chi connectivity index (χ1v) is 8.89. The number of likely N-dealkylation sites (tertiary alicyclic amines) is 1. The molecule has 8 nitrogen and oxygen atoms in total. The number of piperidine rings is 1. The first kappa shape index (κ1) is 16.3. The van der Waals surface area contributed by atoms with Gasteiger partial charge >= 0.3 is 0 Å². The Kier molecular flexibility index (Phi) is 4.29. The lowest BCUT2D eigenvalue weighted by Gasteiger charge is -2.31. The van der Waals surface area contributed by atoms with Crippen molar-refractivity contribution in [3.8, 4) is 0 Å². The number of H-pyrrole nitrogens is 1. The molecule has 0 saturated carbocycles. The highest BCUT2D eigenvalue weighted by atomic mass is 16.5. The van der Waals surface area contributed by atoms with Gasteiger partial charge in [0, 0.05) is 31.5 Å². The van der Waals surface area contributed by atoms with Crippen LogP contribution in [-0.4, -0.2) is 50.3 Å². The van der Waals surface area contributed by atoms with E-state index < -0.39 is 0 Å². The van der Waals surface area contributed by atoms with Crippen LogP contribution < -0.4 is 0 Å². The molecule has 1 N–H and O–H groups in total. The van der Waals surface area contributed by atoms with Crippen LogP contribution in [0.3, 0.4) is 0 Å². The molecule has 25 heavy (non-hydrogen) atoms. The highest BCUT2D eigenvalue weighted by Gasteiger charge is 2.32. The number of hydrogen-bond donors (Lipinski definition) is 1. The molecule has 1 saturated heterocycles. The summed E-state index contributed by atoms with van der Waals surface area (Å²) in [5, 5.41) is 11.2. The quantitative estimate of drug-likeness (QED) is 0.912. The zero-order chi connectivity index (χ0) is 17.4. The lowest BCUT2D eigenvalue weighted by Crippen LogP contribution is -2.39. The second-order valence-electron chi connectivity index (χ2n) is 7.04. The summed E-state index contributed by atoms with van der Waals surface area (Å²) in [7, 11) is 0. The molecule has 1 amide bonds. The van der Waals surface area contributed by atoms with E-state index in [4.69, 9.17) is 9.26 Å². The number of aromatic amines is 1. The molecule has 2 atom stereocenters. The van der Waals surface area contributed by atoms with Gasteiger partial charge in [-0.3, -0.25) is 9.89 Å². The molecule has 0 unspecified atom stereocenters. The zero-order valence-corrected chi connectivity index (χ0v) is 14.6. The van der Waals surface area contributed by atoms with Gasteiger partial charge in [0.05, 0.1) is 17.9 Å². The van der Waals surface area contributed by atoms with E-state index in [2.05, 4.69) is 20.3 Å². The summed E-state index contributed by atoms with van der Waals surface area (Å²) in [4.78, 5) is 18.9. The van der Waals surface area contributed by atoms with Crippen molar-refractivity contribution in [1.29, 1.82) is 0 Å². The molecule has 134 valence electrons. The number of nitrogens with one attached hydrogen (secondary N) is 1. The lowest BCUT2D eigenvalue weighted by molar-refractivity contribution is -0.00703. The number of nitrogens with zero attached hydrogens (tertiary/aromatic N) is 4. The molecule has 0 spiro atoms. The van der Waals surface area contributed by atoms with E-state index in [1.165, 1.54) is 6.39 Å². The first-order valence-electron chi connectivity index (χ1n) is 8.89. The van der Waals surface area contributed by atoms with Crippen LogP contribution in [0.2, 0.25) is 0 Å². The van der Waals surface area contributed by atoms with Gasteiger partial charge in [-0.05, 0) is 32.6 Å². The molecule has 2 aliphatic rings. The van der Waals surface area contributed by atoms with E-state index in [-0.39, 0.29) is 18.1 Å². The molecule has 1 fully saturated rings. The highest BCUT2D eigenvalue weighted by molar-refractivity contribution is 5.94. The average Bonchev–Trinajstić information content (AvgIpc) is 3.24. The van der Waals surface area contributed by atoms with Crippen LogP contribution in [0.5, 0.6) is 0 Å². The fraction of sp³-hybridized carbons (Fsp3) is 0.647. The molecule has 0 aliphatic carbocycles. The normalized spacial score (nSPS) is 24.3. The largest absolute Gasteiger partial charge is 0.369 e. The minimum Gasteiger partial charge on any atom is -0.369 e. The molecule has 4 heterocycles. The van der Waals surface area contributed by atoms with Gasteiger partial charge in [0.2, 0.25) is 6.39 Å². The molecule has 2 aliphatic heterocycles. The molecule has 0 aromatic carbocycles. The van der Waals surface area contributed by atoms with Crippen LogP contribution in [0.1, 0.15) is 60.4 Å². The van der Waals surface area contributed by atoms with Crippen molar-refractivity contribution >= 4 is 5.91 Å². The Balaban J connectivity index is 1.41. The average molecular weight is 345 g/mol. The van der Waals surface area contributed by atoms with Gasteiger partial charge in [-0.25, -0.2) is 0 Å². The smallest absolute Gasteiger partial charge is 0.274 e. The maximum Gasteiger partial charge on any atom is 0.274 e.